The first kappa shape index (κ1) is 13.9. The number of hydrogen-bond acceptors (Lipinski definition) is 3. The Balaban J connectivity index is 2.95. The number of unbranched alkanes of at least 4 members (excludes halogenated alkanes) is 1. The van der Waals surface area contributed by atoms with Crippen molar-refractivity contribution < 1.29 is 9.90 Å². The van der Waals surface area contributed by atoms with Crippen molar-refractivity contribution in [2.24, 2.45) is 0 Å². The van der Waals surface area contributed by atoms with Gasteiger partial charge in [-0.3, -0.25) is 9.69 Å². The number of benzene rings is 1. The lowest BCUT2D eigenvalue weighted by molar-refractivity contribution is -0.0587. The Morgan fingerprint density at radius 1 is 1.29 bits per heavy atom. The van der Waals surface area contributed by atoms with Crippen LogP contribution in [0.1, 0.15) is 36.5 Å². The smallest absolute Gasteiger partial charge is 0.209 e. The third kappa shape index (κ3) is 3.14. The monoisotopic (exact) mass is 235 g/mol. The van der Waals surface area contributed by atoms with Gasteiger partial charge in [-0.15, -0.1) is 0 Å². The van der Waals surface area contributed by atoms with Crippen molar-refractivity contribution in [3.63, 3.8) is 0 Å². The summed E-state index contributed by atoms with van der Waals surface area (Å²) in [4.78, 5) is 13.9. The second kappa shape index (κ2) is 5.94. The molecular formula is C14H21NO2. The summed E-state index contributed by atoms with van der Waals surface area (Å²) in [5, 5.41) is 10.5. The molecule has 1 aromatic rings. The molecule has 0 aliphatic rings. The standard InChI is InChI=1S/C14H21NO2/c1-4-5-11-14(17,15(2)3)13(16)12-9-7-6-8-10-12/h6-10,17H,4-5,11H2,1-3H3. The average Bonchev–Trinajstić information content (AvgIpc) is 2.35. The molecule has 1 atom stereocenters. The van der Waals surface area contributed by atoms with Gasteiger partial charge >= 0.3 is 0 Å². The highest BCUT2D eigenvalue weighted by Crippen LogP contribution is 2.22. The summed E-state index contributed by atoms with van der Waals surface area (Å²) in [5.74, 6) is -0.225. The maximum absolute atomic E-state index is 12.3. The fourth-order valence-electron chi connectivity index (χ4n) is 1.78. The van der Waals surface area contributed by atoms with Gasteiger partial charge in [-0.25, -0.2) is 0 Å². The summed E-state index contributed by atoms with van der Waals surface area (Å²) in [7, 11) is 3.47. The van der Waals surface area contributed by atoms with E-state index in [-0.39, 0.29) is 5.78 Å². The van der Waals surface area contributed by atoms with E-state index in [1.807, 2.05) is 25.1 Å². The normalized spacial score (nSPS) is 14.6. The van der Waals surface area contributed by atoms with Gasteiger partial charge in [-0.2, -0.15) is 0 Å². The summed E-state index contributed by atoms with van der Waals surface area (Å²) in [6, 6.07) is 8.95. The molecule has 3 heteroatoms. The van der Waals surface area contributed by atoms with Crippen molar-refractivity contribution >= 4 is 5.78 Å². The minimum Gasteiger partial charge on any atom is -0.368 e. The first-order valence-corrected chi connectivity index (χ1v) is 6.02. The molecule has 3 nitrogen and oxygen atoms in total. The highest BCUT2D eigenvalue weighted by atomic mass is 16.3. The molecule has 94 valence electrons. The van der Waals surface area contributed by atoms with Crippen LogP contribution in [0.15, 0.2) is 30.3 Å². The van der Waals surface area contributed by atoms with E-state index in [1.165, 1.54) is 0 Å². The third-order valence-corrected chi connectivity index (χ3v) is 3.02. The first-order valence-electron chi connectivity index (χ1n) is 6.02. The second-order valence-electron chi connectivity index (χ2n) is 4.51. The molecule has 0 aromatic heterocycles. The van der Waals surface area contributed by atoms with Crippen LogP contribution >= 0.6 is 0 Å². The van der Waals surface area contributed by atoms with Gasteiger partial charge in [0.2, 0.25) is 5.78 Å². The Morgan fingerprint density at radius 3 is 2.35 bits per heavy atom. The lowest BCUT2D eigenvalue weighted by Gasteiger charge is -2.33. The quantitative estimate of drug-likeness (QED) is 0.607. The zero-order chi connectivity index (χ0) is 12.9. The summed E-state index contributed by atoms with van der Waals surface area (Å²) >= 11 is 0. The van der Waals surface area contributed by atoms with Crippen LogP contribution in [-0.2, 0) is 0 Å². The van der Waals surface area contributed by atoms with Crippen molar-refractivity contribution in [3.05, 3.63) is 35.9 Å². The molecule has 0 saturated carbocycles. The first-order chi connectivity index (χ1) is 8.02. The van der Waals surface area contributed by atoms with Gasteiger partial charge < -0.3 is 5.11 Å². The van der Waals surface area contributed by atoms with Gasteiger partial charge in [0.15, 0.2) is 5.72 Å². The van der Waals surface area contributed by atoms with Crippen molar-refractivity contribution in [2.45, 2.75) is 31.9 Å². The van der Waals surface area contributed by atoms with E-state index >= 15 is 0 Å². The van der Waals surface area contributed by atoms with E-state index < -0.39 is 5.72 Å². The van der Waals surface area contributed by atoms with Crippen molar-refractivity contribution in [2.75, 3.05) is 14.1 Å². The predicted molar refractivity (Wildman–Crippen MR) is 68.9 cm³/mol. The SMILES string of the molecule is CCCCC(O)(C(=O)c1ccccc1)N(C)C. The van der Waals surface area contributed by atoms with Crippen LogP contribution in [0, 0.1) is 0 Å². The van der Waals surface area contributed by atoms with Crippen LogP contribution in [0.3, 0.4) is 0 Å². The molecule has 17 heavy (non-hydrogen) atoms. The molecule has 0 heterocycles. The van der Waals surface area contributed by atoms with Crippen LogP contribution < -0.4 is 0 Å². The largest absolute Gasteiger partial charge is 0.368 e. The number of ketones is 1. The summed E-state index contributed by atoms with van der Waals surface area (Å²) in [5.41, 5.74) is -0.836. The molecule has 1 aromatic carbocycles. The van der Waals surface area contributed by atoms with E-state index in [0.29, 0.717) is 12.0 Å². The fourth-order valence-corrected chi connectivity index (χ4v) is 1.78. The Kier molecular flexibility index (Phi) is 4.85. The van der Waals surface area contributed by atoms with Crippen LogP contribution in [0.5, 0.6) is 0 Å². The van der Waals surface area contributed by atoms with Crippen LogP contribution in [0.4, 0.5) is 0 Å². The van der Waals surface area contributed by atoms with Crippen molar-refractivity contribution in [1.29, 1.82) is 0 Å². The fraction of sp³-hybridized carbons (Fsp3) is 0.500. The van der Waals surface area contributed by atoms with Gasteiger partial charge in [-0.05, 0) is 26.9 Å². The van der Waals surface area contributed by atoms with E-state index in [9.17, 15) is 9.90 Å². The third-order valence-electron chi connectivity index (χ3n) is 3.02. The van der Waals surface area contributed by atoms with Crippen molar-refractivity contribution in [1.82, 2.24) is 4.90 Å². The van der Waals surface area contributed by atoms with Gasteiger partial charge in [0.1, 0.15) is 0 Å². The van der Waals surface area contributed by atoms with Crippen LogP contribution in [0.2, 0.25) is 0 Å². The lowest BCUT2D eigenvalue weighted by atomic mass is 9.94. The van der Waals surface area contributed by atoms with E-state index in [2.05, 4.69) is 0 Å². The summed E-state index contributed by atoms with van der Waals surface area (Å²) in [6.07, 6.45) is 2.25. The molecule has 0 aliphatic heterocycles. The summed E-state index contributed by atoms with van der Waals surface area (Å²) in [6.45, 7) is 2.04. The van der Waals surface area contributed by atoms with Gasteiger partial charge in [-0.1, -0.05) is 43.7 Å². The Hall–Kier alpha value is -1.19. The number of nitrogens with zero attached hydrogens (tertiary/aromatic N) is 1. The Morgan fingerprint density at radius 2 is 1.88 bits per heavy atom. The molecule has 0 amide bonds. The van der Waals surface area contributed by atoms with Gasteiger partial charge in [0, 0.05) is 5.56 Å². The number of carbonyl (C=O) groups is 1. The Bertz CT molecular complexity index is 362. The maximum Gasteiger partial charge on any atom is 0.209 e. The van der Waals surface area contributed by atoms with Crippen LogP contribution in [0.25, 0.3) is 0 Å². The second-order valence-corrected chi connectivity index (χ2v) is 4.51. The molecule has 1 rings (SSSR count). The van der Waals surface area contributed by atoms with Crippen LogP contribution in [-0.4, -0.2) is 35.6 Å². The zero-order valence-corrected chi connectivity index (χ0v) is 10.8. The maximum atomic E-state index is 12.3. The number of likely N-dealkylation sites (N-methyl/N-ethyl adjacent to an activating group) is 1. The highest BCUT2D eigenvalue weighted by Gasteiger charge is 2.37. The van der Waals surface area contributed by atoms with E-state index in [1.54, 1.807) is 31.1 Å². The Labute approximate surface area is 103 Å². The van der Waals surface area contributed by atoms with E-state index in [4.69, 9.17) is 0 Å². The molecule has 0 bridgehead atoms. The predicted octanol–water partition coefficient (Wildman–Crippen LogP) is 2.31. The minimum atomic E-state index is -1.39. The van der Waals surface area contributed by atoms with Gasteiger partial charge in [0.05, 0.1) is 0 Å². The summed E-state index contributed by atoms with van der Waals surface area (Å²) < 4.78 is 0. The number of rotatable bonds is 6. The lowest BCUT2D eigenvalue weighted by Crippen LogP contribution is -2.51. The highest BCUT2D eigenvalue weighted by molar-refractivity contribution is 6.01. The van der Waals surface area contributed by atoms with E-state index in [0.717, 1.165) is 12.8 Å². The molecule has 0 fully saturated rings. The molecule has 0 saturated heterocycles. The number of Topliss-reactive ketones (excluding diaryl/α,β-unsaturated/α-hetero) is 1. The minimum absolute atomic E-state index is 0.225. The molecule has 1 unspecified atom stereocenters. The topological polar surface area (TPSA) is 40.5 Å². The van der Waals surface area contributed by atoms with Crippen molar-refractivity contribution in [3.8, 4) is 0 Å². The molecule has 1 N–H and O–H groups in total. The number of aliphatic hydroxyl groups is 1. The molecule has 0 spiro atoms. The molecule has 0 radical (unpaired) electrons. The average molecular weight is 235 g/mol. The zero-order valence-electron chi connectivity index (χ0n) is 10.8. The molecule has 0 aliphatic carbocycles. The number of carbonyl (C=O) groups excluding carboxylic acids is 1. The number of hydrogen-bond donors (Lipinski definition) is 1. The molecular weight excluding hydrogens is 214 g/mol. The van der Waals surface area contributed by atoms with Gasteiger partial charge in [0.25, 0.3) is 0 Å².